The molecule has 5 heteroatoms. The van der Waals surface area contributed by atoms with Crippen LogP contribution < -0.4 is 0 Å². The van der Waals surface area contributed by atoms with Crippen LogP contribution in [0.25, 0.3) is 0 Å². The van der Waals surface area contributed by atoms with Crippen LogP contribution in [0.15, 0.2) is 18.2 Å². The Kier molecular flexibility index (Phi) is 2.53. The second-order valence-electron chi connectivity index (χ2n) is 3.96. The summed E-state index contributed by atoms with van der Waals surface area (Å²) in [6.07, 6.45) is 0. The molecule has 1 saturated heterocycles. The lowest BCUT2D eigenvalue weighted by molar-refractivity contribution is 0.201. The second-order valence-corrected chi connectivity index (χ2v) is 3.96. The first-order chi connectivity index (χ1) is 7.50. The van der Waals surface area contributed by atoms with Crippen LogP contribution in [0, 0.1) is 11.6 Å². The van der Waals surface area contributed by atoms with Crippen LogP contribution in [-0.4, -0.2) is 36.5 Å². The number of carbonyl (C=O) groups excluding carboxylic acids is 1. The SMILES string of the molecule is CN1CC(c2cc(F)ccc2F)N(C)C1=O. The van der Waals surface area contributed by atoms with Crippen molar-refractivity contribution in [3.63, 3.8) is 0 Å². The average molecular weight is 226 g/mol. The molecule has 0 saturated carbocycles. The van der Waals surface area contributed by atoms with Gasteiger partial charge in [-0.1, -0.05) is 0 Å². The third-order valence-corrected chi connectivity index (χ3v) is 2.86. The molecule has 2 rings (SSSR count). The number of rotatable bonds is 1. The Balaban J connectivity index is 2.38. The van der Waals surface area contributed by atoms with Crippen LogP contribution in [0.2, 0.25) is 0 Å². The number of likely N-dealkylation sites (N-methyl/N-ethyl adjacent to an activating group) is 2. The largest absolute Gasteiger partial charge is 0.325 e. The standard InChI is InChI=1S/C11H12F2N2O/c1-14-6-10(15(2)11(14)16)8-5-7(12)3-4-9(8)13/h3-5,10H,6H2,1-2H3. The topological polar surface area (TPSA) is 23.6 Å². The van der Waals surface area contributed by atoms with Crippen molar-refractivity contribution in [2.24, 2.45) is 0 Å². The van der Waals surface area contributed by atoms with Crippen molar-refractivity contribution >= 4 is 6.03 Å². The van der Waals surface area contributed by atoms with Gasteiger partial charge in [0.2, 0.25) is 0 Å². The molecular weight excluding hydrogens is 214 g/mol. The highest BCUT2D eigenvalue weighted by molar-refractivity contribution is 5.76. The fourth-order valence-electron chi connectivity index (χ4n) is 1.94. The van der Waals surface area contributed by atoms with Crippen molar-refractivity contribution in [2.45, 2.75) is 6.04 Å². The van der Waals surface area contributed by atoms with Crippen molar-refractivity contribution in [1.29, 1.82) is 0 Å². The van der Waals surface area contributed by atoms with E-state index in [0.29, 0.717) is 6.54 Å². The summed E-state index contributed by atoms with van der Waals surface area (Å²) in [7, 11) is 3.22. The Hall–Kier alpha value is -1.65. The van der Waals surface area contributed by atoms with E-state index in [-0.39, 0.29) is 11.6 Å². The molecule has 1 aromatic carbocycles. The third-order valence-electron chi connectivity index (χ3n) is 2.86. The maximum atomic E-state index is 13.5. The van der Waals surface area contributed by atoms with Crippen LogP contribution in [0.1, 0.15) is 11.6 Å². The van der Waals surface area contributed by atoms with E-state index >= 15 is 0 Å². The van der Waals surface area contributed by atoms with Gasteiger partial charge in [-0.05, 0) is 18.2 Å². The molecule has 0 spiro atoms. The van der Waals surface area contributed by atoms with E-state index in [1.807, 2.05) is 0 Å². The molecule has 3 nitrogen and oxygen atoms in total. The first-order valence-corrected chi connectivity index (χ1v) is 4.93. The highest BCUT2D eigenvalue weighted by atomic mass is 19.1. The van der Waals surface area contributed by atoms with Gasteiger partial charge in [0.25, 0.3) is 0 Å². The number of hydrogen-bond acceptors (Lipinski definition) is 1. The number of amides is 2. The minimum Gasteiger partial charge on any atom is -0.325 e. The van der Waals surface area contributed by atoms with Crippen LogP contribution in [-0.2, 0) is 0 Å². The van der Waals surface area contributed by atoms with E-state index in [9.17, 15) is 13.6 Å². The van der Waals surface area contributed by atoms with Gasteiger partial charge in [-0.2, -0.15) is 0 Å². The Morgan fingerprint density at radius 2 is 2.00 bits per heavy atom. The van der Waals surface area contributed by atoms with E-state index in [4.69, 9.17) is 0 Å². The van der Waals surface area contributed by atoms with Gasteiger partial charge in [0.05, 0.1) is 6.04 Å². The zero-order valence-electron chi connectivity index (χ0n) is 9.08. The van der Waals surface area contributed by atoms with Gasteiger partial charge in [0, 0.05) is 26.2 Å². The zero-order chi connectivity index (χ0) is 11.9. The summed E-state index contributed by atoms with van der Waals surface area (Å²) in [5, 5.41) is 0. The number of nitrogens with zero attached hydrogens (tertiary/aromatic N) is 2. The van der Waals surface area contributed by atoms with Crippen molar-refractivity contribution in [2.75, 3.05) is 20.6 Å². The fraction of sp³-hybridized carbons (Fsp3) is 0.364. The van der Waals surface area contributed by atoms with Crippen LogP contribution in [0.5, 0.6) is 0 Å². The number of benzene rings is 1. The summed E-state index contributed by atoms with van der Waals surface area (Å²) in [5.41, 5.74) is 0.222. The van der Waals surface area contributed by atoms with Crippen molar-refractivity contribution < 1.29 is 13.6 Å². The molecule has 1 aromatic rings. The maximum absolute atomic E-state index is 13.5. The van der Waals surface area contributed by atoms with Gasteiger partial charge in [-0.3, -0.25) is 0 Å². The van der Waals surface area contributed by atoms with E-state index in [0.717, 1.165) is 18.2 Å². The molecule has 0 radical (unpaired) electrons. The Morgan fingerprint density at radius 3 is 2.56 bits per heavy atom. The normalized spacial score (nSPS) is 20.8. The molecule has 1 aliphatic rings. The van der Waals surface area contributed by atoms with Crippen LogP contribution >= 0.6 is 0 Å². The van der Waals surface area contributed by atoms with Crippen molar-refractivity contribution in [1.82, 2.24) is 9.80 Å². The van der Waals surface area contributed by atoms with E-state index < -0.39 is 17.7 Å². The monoisotopic (exact) mass is 226 g/mol. The second kappa shape index (κ2) is 3.73. The summed E-state index contributed by atoms with van der Waals surface area (Å²) in [6.45, 7) is 0.371. The quantitative estimate of drug-likeness (QED) is 0.718. The lowest BCUT2D eigenvalue weighted by Crippen LogP contribution is -2.26. The summed E-state index contributed by atoms with van der Waals surface area (Å²) < 4.78 is 26.6. The van der Waals surface area contributed by atoms with Gasteiger partial charge in [0.1, 0.15) is 11.6 Å². The third kappa shape index (κ3) is 1.62. The molecule has 16 heavy (non-hydrogen) atoms. The molecule has 86 valence electrons. The lowest BCUT2D eigenvalue weighted by atomic mass is 10.1. The zero-order valence-corrected chi connectivity index (χ0v) is 9.08. The molecule has 1 heterocycles. The predicted octanol–water partition coefficient (Wildman–Crippen LogP) is 2.00. The predicted molar refractivity (Wildman–Crippen MR) is 54.9 cm³/mol. The number of halogens is 2. The molecule has 0 aliphatic carbocycles. The van der Waals surface area contributed by atoms with Gasteiger partial charge in [0.15, 0.2) is 0 Å². The maximum Gasteiger partial charge on any atom is 0.320 e. The highest BCUT2D eigenvalue weighted by Gasteiger charge is 2.34. The molecular formula is C11H12F2N2O. The number of urea groups is 1. The minimum absolute atomic E-state index is 0.186. The molecule has 0 N–H and O–H groups in total. The van der Waals surface area contributed by atoms with Gasteiger partial charge < -0.3 is 9.80 Å². The smallest absolute Gasteiger partial charge is 0.320 e. The molecule has 1 atom stereocenters. The van der Waals surface area contributed by atoms with E-state index in [1.165, 1.54) is 9.80 Å². The molecule has 0 aromatic heterocycles. The Bertz CT molecular complexity index is 436. The van der Waals surface area contributed by atoms with Gasteiger partial charge >= 0.3 is 6.03 Å². The van der Waals surface area contributed by atoms with Gasteiger partial charge in [-0.25, -0.2) is 13.6 Å². The van der Waals surface area contributed by atoms with Crippen LogP contribution in [0.3, 0.4) is 0 Å². The van der Waals surface area contributed by atoms with E-state index in [2.05, 4.69) is 0 Å². The molecule has 0 bridgehead atoms. The molecule has 1 unspecified atom stereocenters. The summed E-state index contributed by atoms with van der Waals surface area (Å²) >= 11 is 0. The lowest BCUT2D eigenvalue weighted by Gasteiger charge is -2.18. The van der Waals surface area contributed by atoms with Crippen molar-refractivity contribution in [3.8, 4) is 0 Å². The first kappa shape index (κ1) is 10.9. The minimum atomic E-state index is -0.494. The first-order valence-electron chi connectivity index (χ1n) is 4.93. The highest BCUT2D eigenvalue weighted by Crippen LogP contribution is 2.29. The Labute approximate surface area is 92.3 Å². The average Bonchev–Trinajstić information content (AvgIpc) is 2.50. The van der Waals surface area contributed by atoms with Gasteiger partial charge in [-0.15, -0.1) is 0 Å². The fourth-order valence-corrected chi connectivity index (χ4v) is 1.94. The Morgan fingerprint density at radius 1 is 1.31 bits per heavy atom. The summed E-state index contributed by atoms with van der Waals surface area (Å²) in [6, 6.07) is 2.69. The van der Waals surface area contributed by atoms with E-state index in [1.54, 1.807) is 14.1 Å². The molecule has 1 fully saturated rings. The molecule has 1 aliphatic heterocycles. The van der Waals surface area contributed by atoms with Crippen molar-refractivity contribution in [3.05, 3.63) is 35.4 Å². The van der Waals surface area contributed by atoms with Crippen LogP contribution in [0.4, 0.5) is 13.6 Å². The summed E-state index contributed by atoms with van der Waals surface area (Å²) in [5.74, 6) is -0.979. The number of carbonyl (C=O) groups is 1. The number of hydrogen-bond donors (Lipinski definition) is 0. The molecule has 2 amide bonds. The summed E-state index contributed by atoms with van der Waals surface area (Å²) in [4.78, 5) is 14.4.